The fourth-order valence-electron chi connectivity index (χ4n) is 2.56. The Kier molecular flexibility index (Phi) is 7.61. The molecule has 0 heterocycles. The van der Waals surface area contributed by atoms with Crippen LogP contribution in [-0.2, 0) is 17.7 Å². The predicted octanol–water partition coefficient (Wildman–Crippen LogP) is 2.53. The number of ether oxygens (including phenoxy) is 2. The van der Waals surface area contributed by atoms with Crippen LogP contribution in [0.1, 0.15) is 21.5 Å². The fraction of sp³-hybridized carbons (Fsp3) is 0.300. The number of benzene rings is 2. The summed E-state index contributed by atoms with van der Waals surface area (Å²) in [4.78, 5) is 16.0. The zero-order chi connectivity index (χ0) is 19.6. The van der Waals surface area contributed by atoms with Gasteiger partial charge in [0.25, 0.3) is 0 Å². The van der Waals surface area contributed by atoms with Gasteiger partial charge < -0.3 is 20.1 Å². The van der Waals surface area contributed by atoms with Crippen LogP contribution in [0.3, 0.4) is 0 Å². The molecule has 2 rings (SSSR count). The van der Waals surface area contributed by atoms with E-state index in [0.717, 1.165) is 11.1 Å². The van der Waals surface area contributed by atoms with Gasteiger partial charge in [-0.05, 0) is 41.8 Å². The molecule has 27 heavy (non-hydrogen) atoms. The molecule has 0 bridgehead atoms. The van der Waals surface area contributed by atoms with Gasteiger partial charge in [0, 0.05) is 20.1 Å². The number of rotatable bonds is 7. The van der Waals surface area contributed by atoms with Crippen molar-refractivity contribution in [1.29, 1.82) is 0 Å². The smallest absolute Gasteiger partial charge is 0.341 e. The molecule has 0 radical (unpaired) electrons. The first-order valence-corrected chi connectivity index (χ1v) is 8.51. The molecule has 2 N–H and O–H groups in total. The Hall–Kier alpha value is -3.09. The maximum absolute atomic E-state index is 13.2. The van der Waals surface area contributed by atoms with Crippen LogP contribution >= 0.6 is 0 Å². The number of esters is 1. The normalized spacial score (nSPS) is 11.0. The van der Waals surface area contributed by atoms with E-state index in [1.165, 1.54) is 26.4 Å². The molecular formula is C20H24FN3O3. The molecule has 0 atom stereocenters. The lowest BCUT2D eigenvalue weighted by Gasteiger charge is -2.13. The molecule has 144 valence electrons. The Labute approximate surface area is 158 Å². The second-order valence-corrected chi connectivity index (χ2v) is 5.76. The number of halogens is 1. The van der Waals surface area contributed by atoms with E-state index in [4.69, 9.17) is 9.47 Å². The minimum atomic E-state index is -0.452. The van der Waals surface area contributed by atoms with Gasteiger partial charge in [-0.3, -0.25) is 4.99 Å². The van der Waals surface area contributed by atoms with Gasteiger partial charge in [-0.2, -0.15) is 0 Å². The quantitative estimate of drug-likeness (QED) is 0.443. The molecule has 0 aliphatic carbocycles. The second kappa shape index (κ2) is 10.2. The van der Waals surface area contributed by atoms with Gasteiger partial charge in [-0.15, -0.1) is 0 Å². The van der Waals surface area contributed by atoms with Gasteiger partial charge in [0.05, 0.1) is 14.2 Å². The maximum atomic E-state index is 13.2. The van der Waals surface area contributed by atoms with Gasteiger partial charge in [-0.25, -0.2) is 9.18 Å². The summed E-state index contributed by atoms with van der Waals surface area (Å²) in [6.07, 6.45) is 0.674. The minimum absolute atomic E-state index is 0.240. The summed E-state index contributed by atoms with van der Waals surface area (Å²) >= 11 is 0. The molecule has 0 spiro atoms. The van der Waals surface area contributed by atoms with Gasteiger partial charge in [0.2, 0.25) is 0 Å². The fourth-order valence-corrected chi connectivity index (χ4v) is 2.56. The number of nitrogens with one attached hydrogen (secondary N) is 2. The lowest BCUT2D eigenvalue weighted by Crippen LogP contribution is -2.37. The van der Waals surface area contributed by atoms with E-state index >= 15 is 0 Å². The maximum Gasteiger partial charge on any atom is 0.341 e. The molecule has 0 fully saturated rings. The SMILES string of the molecule is CN=C(NCCc1cccc(F)c1)NCc1ccc(OC)c(C(=O)OC)c1. The van der Waals surface area contributed by atoms with Gasteiger partial charge in [0.1, 0.15) is 17.1 Å². The molecule has 0 aliphatic rings. The van der Waals surface area contributed by atoms with Crippen LogP contribution < -0.4 is 15.4 Å². The number of methoxy groups -OCH3 is 2. The van der Waals surface area contributed by atoms with Crippen LogP contribution in [0.2, 0.25) is 0 Å². The lowest BCUT2D eigenvalue weighted by atomic mass is 10.1. The third kappa shape index (κ3) is 5.99. The molecule has 0 unspecified atom stereocenters. The third-order valence-corrected chi connectivity index (χ3v) is 3.95. The van der Waals surface area contributed by atoms with Crippen LogP contribution in [0.5, 0.6) is 5.75 Å². The summed E-state index contributed by atoms with van der Waals surface area (Å²) in [6.45, 7) is 1.08. The zero-order valence-corrected chi connectivity index (χ0v) is 15.7. The summed E-state index contributed by atoms with van der Waals surface area (Å²) in [5, 5.41) is 6.36. The van der Waals surface area contributed by atoms with E-state index in [-0.39, 0.29) is 5.82 Å². The van der Waals surface area contributed by atoms with Crippen LogP contribution in [-0.4, -0.2) is 39.7 Å². The summed E-state index contributed by atoms with van der Waals surface area (Å²) in [6, 6.07) is 11.8. The molecule has 2 aromatic carbocycles. The van der Waals surface area contributed by atoms with E-state index in [0.29, 0.717) is 36.8 Å². The van der Waals surface area contributed by atoms with Crippen molar-refractivity contribution < 1.29 is 18.7 Å². The highest BCUT2D eigenvalue weighted by atomic mass is 19.1. The summed E-state index contributed by atoms with van der Waals surface area (Å²) < 4.78 is 23.2. The van der Waals surface area contributed by atoms with Crippen LogP contribution in [0.4, 0.5) is 4.39 Å². The average Bonchev–Trinajstić information content (AvgIpc) is 2.69. The predicted molar refractivity (Wildman–Crippen MR) is 103 cm³/mol. The first kappa shape index (κ1) is 20.2. The number of nitrogens with zero attached hydrogens (tertiary/aromatic N) is 1. The number of hydrogen-bond acceptors (Lipinski definition) is 4. The molecule has 7 heteroatoms. The standard InChI is InChI=1S/C20H24FN3O3/c1-22-20(23-10-9-14-5-4-6-16(21)11-14)24-13-15-7-8-18(26-2)17(12-15)19(25)27-3/h4-8,11-12H,9-10,13H2,1-3H3,(H2,22,23,24). The van der Waals surface area contributed by atoms with Crippen molar-refractivity contribution in [3.8, 4) is 5.75 Å². The van der Waals surface area contributed by atoms with E-state index in [9.17, 15) is 9.18 Å². The third-order valence-electron chi connectivity index (χ3n) is 3.95. The largest absolute Gasteiger partial charge is 0.496 e. The first-order chi connectivity index (χ1) is 13.1. The Bertz CT molecular complexity index is 809. The van der Waals surface area contributed by atoms with Crippen molar-refractivity contribution in [2.24, 2.45) is 4.99 Å². The highest BCUT2D eigenvalue weighted by Crippen LogP contribution is 2.20. The Morgan fingerprint density at radius 2 is 1.93 bits per heavy atom. The van der Waals surface area contributed by atoms with Crippen molar-refractivity contribution in [3.05, 3.63) is 65.0 Å². The summed E-state index contributed by atoms with van der Waals surface area (Å²) in [7, 11) is 4.51. The van der Waals surface area contributed by atoms with Crippen molar-refractivity contribution in [3.63, 3.8) is 0 Å². The summed E-state index contributed by atoms with van der Waals surface area (Å²) in [5.41, 5.74) is 2.16. The highest BCUT2D eigenvalue weighted by molar-refractivity contribution is 5.92. The molecule has 2 aromatic rings. The molecule has 0 aliphatic heterocycles. The Balaban J connectivity index is 1.91. The summed E-state index contributed by atoms with van der Waals surface area (Å²) in [5.74, 6) is 0.382. The number of hydrogen-bond donors (Lipinski definition) is 2. The zero-order valence-electron chi connectivity index (χ0n) is 15.7. The lowest BCUT2D eigenvalue weighted by molar-refractivity contribution is 0.0597. The molecule has 0 saturated carbocycles. The van der Waals surface area contributed by atoms with Gasteiger partial charge >= 0.3 is 5.97 Å². The molecule has 0 aromatic heterocycles. The molecule has 6 nitrogen and oxygen atoms in total. The van der Waals surface area contributed by atoms with E-state index < -0.39 is 5.97 Å². The van der Waals surface area contributed by atoms with E-state index in [1.807, 2.05) is 12.1 Å². The van der Waals surface area contributed by atoms with E-state index in [2.05, 4.69) is 15.6 Å². The highest BCUT2D eigenvalue weighted by Gasteiger charge is 2.13. The molecular weight excluding hydrogens is 349 g/mol. The van der Waals surface area contributed by atoms with Crippen molar-refractivity contribution in [1.82, 2.24) is 10.6 Å². The van der Waals surface area contributed by atoms with Crippen molar-refractivity contribution in [2.45, 2.75) is 13.0 Å². The second-order valence-electron chi connectivity index (χ2n) is 5.76. The Morgan fingerprint density at radius 3 is 2.59 bits per heavy atom. The van der Waals surface area contributed by atoms with E-state index in [1.54, 1.807) is 25.2 Å². The monoisotopic (exact) mass is 373 g/mol. The number of guanidine groups is 1. The number of carbonyl (C=O) groups excluding carboxylic acids is 1. The topological polar surface area (TPSA) is 72.0 Å². The molecule has 0 saturated heterocycles. The van der Waals surface area contributed by atoms with Crippen LogP contribution in [0.25, 0.3) is 0 Å². The Morgan fingerprint density at radius 1 is 1.11 bits per heavy atom. The molecule has 0 amide bonds. The first-order valence-electron chi connectivity index (χ1n) is 8.51. The van der Waals surface area contributed by atoms with Crippen molar-refractivity contribution in [2.75, 3.05) is 27.8 Å². The van der Waals surface area contributed by atoms with Gasteiger partial charge in [0.15, 0.2) is 5.96 Å². The number of aliphatic imine (C=N–C) groups is 1. The van der Waals surface area contributed by atoms with Crippen LogP contribution in [0, 0.1) is 5.82 Å². The van der Waals surface area contributed by atoms with Crippen LogP contribution in [0.15, 0.2) is 47.5 Å². The minimum Gasteiger partial charge on any atom is -0.496 e. The van der Waals surface area contributed by atoms with Crippen molar-refractivity contribution >= 4 is 11.9 Å². The van der Waals surface area contributed by atoms with Gasteiger partial charge in [-0.1, -0.05) is 18.2 Å². The number of carbonyl (C=O) groups is 1. The average molecular weight is 373 g/mol.